The van der Waals surface area contributed by atoms with Gasteiger partial charge in [-0.05, 0) is 43.3 Å². The van der Waals surface area contributed by atoms with E-state index >= 15 is 0 Å². The SMILES string of the molecule is [C-]#[N+]C[C@H]1CN(c2nc(OC[C@H]3CCCN3CCO)nc3c2CCN(c2cccc4ccccc24)C3)CCN1C(=O)C=C. The third-order valence-electron chi connectivity index (χ3n) is 8.96. The number of hydrogen-bond acceptors (Lipinski definition) is 8. The van der Waals surface area contributed by atoms with Crippen molar-refractivity contribution in [3.63, 3.8) is 0 Å². The monoisotopic (exact) mass is 581 g/mol. The van der Waals surface area contributed by atoms with Gasteiger partial charge in [0.1, 0.15) is 18.5 Å². The van der Waals surface area contributed by atoms with Crippen molar-refractivity contribution in [2.45, 2.75) is 37.9 Å². The van der Waals surface area contributed by atoms with E-state index in [0.717, 1.165) is 49.4 Å². The molecule has 0 unspecified atom stereocenters. The van der Waals surface area contributed by atoms with Crippen molar-refractivity contribution in [2.24, 2.45) is 0 Å². The minimum Gasteiger partial charge on any atom is -0.462 e. The zero-order valence-electron chi connectivity index (χ0n) is 24.6. The lowest BCUT2D eigenvalue weighted by atomic mass is 10.0. The lowest BCUT2D eigenvalue weighted by molar-refractivity contribution is -0.128. The molecule has 0 spiro atoms. The summed E-state index contributed by atoms with van der Waals surface area (Å²) in [6.07, 6.45) is 4.21. The van der Waals surface area contributed by atoms with E-state index in [4.69, 9.17) is 21.3 Å². The molecule has 0 aliphatic carbocycles. The molecule has 2 atom stereocenters. The number of fused-ring (bicyclic) bond motifs is 2. The molecular formula is C33H39N7O3. The summed E-state index contributed by atoms with van der Waals surface area (Å²) in [5.41, 5.74) is 3.24. The fourth-order valence-electron chi connectivity index (χ4n) is 6.80. The van der Waals surface area contributed by atoms with Crippen LogP contribution in [0.25, 0.3) is 15.6 Å². The number of aromatic nitrogens is 2. The molecule has 4 heterocycles. The minimum atomic E-state index is -0.243. The van der Waals surface area contributed by atoms with Crippen LogP contribution in [-0.4, -0.2) is 102 Å². The first-order valence-electron chi connectivity index (χ1n) is 15.2. The Morgan fingerprint density at radius 1 is 1.09 bits per heavy atom. The molecular weight excluding hydrogens is 542 g/mol. The maximum atomic E-state index is 12.5. The van der Waals surface area contributed by atoms with Crippen molar-refractivity contribution < 1.29 is 14.6 Å². The largest absolute Gasteiger partial charge is 0.462 e. The highest BCUT2D eigenvalue weighted by Gasteiger charge is 2.35. The highest BCUT2D eigenvalue weighted by atomic mass is 16.5. The second-order valence-corrected chi connectivity index (χ2v) is 11.5. The zero-order chi connectivity index (χ0) is 29.8. The predicted molar refractivity (Wildman–Crippen MR) is 167 cm³/mol. The number of amides is 1. The average molecular weight is 582 g/mol. The number of carbonyl (C=O) groups is 1. The van der Waals surface area contributed by atoms with Crippen LogP contribution in [0, 0.1) is 6.57 Å². The van der Waals surface area contributed by atoms with Crippen molar-refractivity contribution in [1.82, 2.24) is 19.8 Å². The fraction of sp³-hybridized carbons (Fsp3) is 0.455. The second-order valence-electron chi connectivity index (χ2n) is 11.5. The maximum Gasteiger partial charge on any atom is 0.318 e. The molecule has 1 N–H and O–H groups in total. The molecule has 0 bridgehead atoms. The lowest BCUT2D eigenvalue weighted by Crippen LogP contribution is -2.56. The second kappa shape index (κ2) is 13.0. The number of aliphatic hydroxyl groups excluding tert-OH is 1. The van der Waals surface area contributed by atoms with E-state index in [2.05, 4.69) is 68.6 Å². The first kappa shape index (κ1) is 28.9. The van der Waals surface area contributed by atoms with Crippen LogP contribution in [0.1, 0.15) is 24.1 Å². The first-order chi connectivity index (χ1) is 21.1. The number of carbonyl (C=O) groups excluding carboxylic acids is 1. The number of aliphatic hydroxyl groups is 1. The number of piperazine rings is 1. The maximum absolute atomic E-state index is 12.5. The Bertz CT molecular complexity index is 1520. The molecule has 2 saturated heterocycles. The summed E-state index contributed by atoms with van der Waals surface area (Å²) in [7, 11) is 0. The molecule has 0 saturated carbocycles. The average Bonchev–Trinajstić information content (AvgIpc) is 3.49. The summed E-state index contributed by atoms with van der Waals surface area (Å²) in [4.78, 5) is 34.7. The van der Waals surface area contributed by atoms with E-state index < -0.39 is 0 Å². The number of benzene rings is 2. The Morgan fingerprint density at radius 2 is 1.95 bits per heavy atom. The Kier molecular flexibility index (Phi) is 8.72. The van der Waals surface area contributed by atoms with E-state index in [1.165, 1.54) is 22.5 Å². The van der Waals surface area contributed by atoms with Gasteiger partial charge in [0.15, 0.2) is 0 Å². The van der Waals surface area contributed by atoms with Gasteiger partial charge in [0.05, 0.1) is 18.8 Å². The molecule has 3 aliphatic rings. The Labute approximate surface area is 253 Å². The van der Waals surface area contributed by atoms with Gasteiger partial charge < -0.3 is 29.4 Å². The van der Waals surface area contributed by atoms with Gasteiger partial charge in [-0.3, -0.25) is 9.69 Å². The topological polar surface area (TPSA) is 89.6 Å². The molecule has 1 aromatic heterocycles. The smallest absolute Gasteiger partial charge is 0.318 e. The molecule has 224 valence electrons. The summed E-state index contributed by atoms with van der Waals surface area (Å²) >= 11 is 0. The van der Waals surface area contributed by atoms with Crippen LogP contribution < -0.4 is 14.5 Å². The predicted octanol–water partition coefficient (Wildman–Crippen LogP) is 3.15. The van der Waals surface area contributed by atoms with Crippen molar-refractivity contribution in [3.05, 3.63) is 77.8 Å². The van der Waals surface area contributed by atoms with E-state index in [1.807, 2.05) is 0 Å². The molecule has 10 heteroatoms. The molecule has 10 nitrogen and oxygen atoms in total. The summed E-state index contributed by atoms with van der Waals surface area (Å²) in [6, 6.07) is 15.2. The van der Waals surface area contributed by atoms with Crippen LogP contribution in [0.3, 0.4) is 0 Å². The molecule has 0 radical (unpaired) electrons. The van der Waals surface area contributed by atoms with Gasteiger partial charge in [0.25, 0.3) is 0 Å². The highest BCUT2D eigenvalue weighted by Crippen LogP contribution is 2.35. The quantitative estimate of drug-likeness (QED) is 0.305. The number of anilines is 2. The van der Waals surface area contributed by atoms with Gasteiger partial charge >= 0.3 is 6.01 Å². The van der Waals surface area contributed by atoms with Gasteiger partial charge in [0.2, 0.25) is 12.5 Å². The highest BCUT2D eigenvalue weighted by molar-refractivity contribution is 5.94. The lowest BCUT2D eigenvalue weighted by Gasteiger charge is -2.41. The molecule has 2 fully saturated rings. The normalized spacial score (nSPS) is 20.6. The summed E-state index contributed by atoms with van der Waals surface area (Å²) in [5.74, 6) is 0.702. The number of hydrogen-bond donors (Lipinski definition) is 1. The summed E-state index contributed by atoms with van der Waals surface area (Å²) in [6.45, 7) is 16.7. The molecule has 1 amide bonds. The van der Waals surface area contributed by atoms with Gasteiger partial charge in [-0.15, -0.1) is 0 Å². The summed E-state index contributed by atoms with van der Waals surface area (Å²) in [5, 5.41) is 11.9. The van der Waals surface area contributed by atoms with Crippen molar-refractivity contribution >= 4 is 28.2 Å². The standard InChI is InChI=1S/C33H39N7O3/c1-3-31(42)40-17-16-39(21-26(40)20-34-2)32-28-13-15-38(30-12-6-9-24-8-4-5-11-27(24)30)22-29(28)35-33(36-32)43-23-25-10-7-14-37(25)18-19-41/h3-6,8-9,11-12,25-26,41H,1,7,10,13-23H2/t25-,26+/m1/s1. The van der Waals surface area contributed by atoms with Crippen LogP contribution in [0.4, 0.5) is 11.5 Å². The fourth-order valence-corrected chi connectivity index (χ4v) is 6.80. The van der Waals surface area contributed by atoms with E-state index in [1.54, 1.807) is 4.90 Å². The Morgan fingerprint density at radius 3 is 2.79 bits per heavy atom. The Balaban J connectivity index is 1.32. The number of rotatable bonds is 9. The molecule has 43 heavy (non-hydrogen) atoms. The third-order valence-corrected chi connectivity index (χ3v) is 8.96. The van der Waals surface area contributed by atoms with Crippen LogP contribution in [-0.2, 0) is 17.8 Å². The van der Waals surface area contributed by atoms with Crippen molar-refractivity contribution in [2.75, 3.05) is 68.8 Å². The van der Waals surface area contributed by atoms with Crippen LogP contribution in [0.5, 0.6) is 6.01 Å². The Hall–Kier alpha value is -4.20. The van der Waals surface area contributed by atoms with E-state index in [0.29, 0.717) is 45.3 Å². The van der Waals surface area contributed by atoms with Crippen LogP contribution in [0.15, 0.2) is 55.1 Å². The van der Waals surface area contributed by atoms with Crippen LogP contribution in [0.2, 0.25) is 0 Å². The van der Waals surface area contributed by atoms with E-state index in [9.17, 15) is 9.90 Å². The summed E-state index contributed by atoms with van der Waals surface area (Å²) < 4.78 is 6.31. The molecule has 3 aliphatic heterocycles. The van der Waals surface area contributed by atoms with Gasteiger partial charge in [-0.25, -0.2) is 6.57 Å². The van der Waals surface area contributed by atoms with Crippen molar-refractivity contribution in [1.29, 1.82) is 0 Å². The van der Waals surface area contributed by atoms with Crippen LogP contribution >= 0.6 is 0 Å². The zero-order valence-corrected chi connectivity index (χ0v) is 24.6. The number of likely N-dealkylation sites (tertiary alicyclic amines) is 1. The molecule has 6 rings (SSSR count). The first-order valence-corrected chi connectivity index (χ1v) is 15.2. The van der Waals surface area contributed by atoms with Gasteiger partial charge in [0, 0.05) is 55.4 Å². The number of nitrogens with zero attached hydrogens (tertiary/aromatic N) is 7. The van der Waals surface area contributed by atoms with Gasteiger partial charge in [-0.2, -0.15) is 9.97 Å². The number of β-amino-alcohol motifs (C(OH)–C–C–N with tert-alkyl or cyclic N) is 1. The molecule has 3 aromatic rings. The van der Waals surface area contributed by atoms with E-state index in [-0.39, 0.29) is 31.1 Å². The van der Waals surface area contributed by atoms with Crippen molar-refractivity contribution in [3.8, 4) is 6.01 Å². The molecule has 2 aromatic carbocycles. The minimum absolute atomic E-state index is 0.131. The van der Waals surface area contributed by atoms with Gasteiger partial charge in [-0.1, -0.05) is 43.0 Å². The third kappa shape index (κ3) is 6.01. The number of ether oxygens (including phenoxy) is 1.